The molecule has 7 heteroatoms. The number of oxime groups is 1. The molecule has 0 spiro atoms. The molecule has 0 aromatic heterocycles. The van der Waals surface area contributed by atoms with Crippen LogP contribution in [0.1, 0.15) is 17.5 Å². The van der Waals surface area contributed by atoms with Crippen LogP contribution in [0.4, 0.5) is 9.18 Å². The number of nitrogens with zero attached hydrogens (tertiary/aromatic N) is 3. The van der Waals surface area contributed by atoms with E-state index in [0.717, 1.165) is 17.0 Å². The smallest absolute Gasteiger partial charge is 0.319 e. The maximum absolute atomic E-state index is 14.1. The Morgan fingerprint density at radius 3 is 2.64 bits per heavy atom. The number of urea groups is 1. The molecule has 2 aromatic rings. The Hall–Kier alpha value is -3.09. The van der Waals surface area contributed by atoms with E-state index in [0.29, 0.717) is 18.5 Å². The quantitative estimate of drug-likeness (QED) is 0.765. The van der Waals surface area contributed by atoms with Crippen molar-refractivity contribution in [1.82, 2.24) is 9.80 Å². The fourth-order valence-electron chi connectivity index (χ4n) is 3.14. The Kier molecular flexibility index (Phi) is 6.13. The highest BCUT2D eigenvalue weighted by atomic mass is 19.1. The van der Waals surface area contributed by atoms with Gasteiger partial charge in [-0.1, -0.05) is 35.5 Å². The van der Waals surface area contributed by atoms with Gasteiger partial charge in [0.15, 0.2) is 6.10 Å². The van der Waals surface area contributed by atoms with E-state index in [2.05, 4.69) is 5.16 Å². The average Bonchev–Trinajstić information content (AvgIpc) is 3.16. The zero-order valence-electron chi connectivity index (χ0n) is 16.3. The first kappa shape index (κ1) is 19.7. The van der Waals surface area contributed by atoms with Crippen molar-refractivity contribution in [3.63, 3.8) is 0 Å². The second-order valence-electron chi connectivity index (χ2n) is 6.82. The highest BCUT2D eigenvalue weighted by molar-refractivity contribution is 6.03. The summed E-state index contributed by atoms with van der Waals surface area (Å²) in [5.41, 5.74) is 2.10. The molecular weight excluding hydrogens is 361 g/mol. The molecule has 1 atom stereocenters. The molecule has 1 aliphatic rings. The van der Waals surface area contributed by atoms with Gasteiger partial charge in [-0.15, -0.1) is 0 Å². The Bertz CT molecular complexity index is 869. The molecule has 0 bridgehead atoms. The molecule has 2 amide bonds. The van der Waals surface area contributed by atoms with Gasteiger partial charge in [0, 0.05) is 31.6 Å². The summed E-state index contributed by atoms with van der Waals surface area (Å²) in [5, 5.41) is 4.19. The summed E-state index contributed by atoms with van der Waals surface area (Å²) in [6, 6.07) is 13.8. The van der Waals surface area contributed by atoms with E-state index in [4.69, 9.17) is 9.57 Å². The summed E-state index contributed by atoms with van der Waals surface area (Å²) >= 11 is 0. The molecule has 2 aromatic carbocycles. The normalized spacial score (nSPS) is 15.6. The highest BCUT2D eigenvalue weighted by Gasteiger charge is 2.29. The third-order valence-corrected chi connectivity index (χ3v) is 4.55. The molecular formula is C21H24FN3O3. The molecule has 3 rings (SSSR count). The van der Waals surface area contributed by atoms with E-state index < -0.39 is 0 Å². The van der Waals surface area contributed by atoms with Gasteiger partial charge in [-0.2, -0.15) is 0 Å². The SMILES string of the molecule is COc1ccccc1C1=NOC(CN(Cc2ccccc2F)C(=O)N(C)C)C1. The molecule has 0 saturated heterocycles. The number of hydrogen-bond donors (Lipinski definition) is 0. The minimum Gasteiger partial charge on any atom is -0.496 e. The van der Waals surface area contributed by atoms with Crippen LogP contribution in [0.3, 0.4) is 0 Å². The van der Waals surface area contributed by atoms with Crippen molar-refractivity contribution in [2.45, 2.75) is 19.1 Å². The molecule has 0 N–H and O–H groups in total. The first-order valence-electron chi connectivity index (χ1n) is 9.05. The van der Waals surface area contributed by atoms with Crippen molar-refractivity contribution in [1.29, 1.82) is 0 Å². The maximum atomic E-state index is 14.1. The van der Waals surface area contributed by atoms with E-state index in [1.807, 2.05) is 24.3 Å². The van der Waals surface area contributed by atoms with Gasteiger partial charge < -0.3 is 19.4 Å². The fourth-order valence-corrected chi connectivity index (χ4v) is 3.14. The monoisotopic (exact) mass is 385 g/mol. The lowest BCUT2D eigenvalue weighted by Gasteiger charge is -2.28. The molecule has 0 fully saturated rings. The molecule has 1 heterocycles. The summed E-state index contributed by atoms with van der Waals surface area (Å²) < 4.78 is 19.5. The van der Waals surface area contributed by atoms with E-state index in [1.165, 1.54) is 11.0 Å². The predicted octanol–water partition coefficient (Wildman–Crippen LogP) is 3.51. The molecule has 1 unspecified atom stereocenters. The van der Waals surface area contributed by atoms with Crippen LogP contribution in [-0.2, 0) is 11.4 Å². The lowest BCUT2D eigenvalue weighted by atomic mass is 10.0. The first-order chi connectivity index (χ1) is 13.5. The lowest BCUT2D eigenvalue weighted by molar-refractivity contribution is 0.0548. The van der Waals surface area contributed by atoms with Gasteiger partial charge in [-0.3, -0.25) is 0 Å². The number of halogens is 1. The minimum atomic E-state index is -0.336. The van der Waals surface area contributed by atoms with Crippen molar-refractivity contribution in [3.05, 3.63) is 65.5 Å². The number of methoxy groups -OCH3 is 1. The predicted molar refractivity (Wildman–Crippen MR) is 105 cm³/mol. The first-order valence-corrected chi connectivity index (χ1v) is 9.05. The molecule has 148 valence electrons. The van der Waals surface area contributed by atoms with Crippen molar-refractivity contribution in [3.8, 4) is 5.75 Å². The zero-order chi connectivity index (χ0) is 20.1. The van der Waals surface area contributed by atoms with E-state index >= 15 is 0 Å². The van der Waals surface area contributed by atoms with Gasteiger partial charge in [0.2, 0.25) is 0 Å². The van der Waals surface area contributed by atoms with Gasteiger partial charge >= 0.3 is 6.03 Å². The number of rotatable bonds is 6. The van der Waals surface area contributed by atoms with Crippen LogP contribution in [0, 0.1) is 5.82 Å². The molecule has 0 saturated carbocycles. The fraction of sp³-hybridized carbons (Fsp3) is 0.333. The van der Waals surface area contributed by atoms with Crippen LogP contribution in [0.2, 0.25) is 0 Å². The van der Waals surface area contributed by atoms with Crippen molar-refractivity contribution < 1.29 is 18.8 Å². The molecule has 6 nitrogen and oxygen atoms in total. The van der Waals surface area contributed by atoms with Crippen LogP contribution < -0.4 is 4.74 Å². The van der Waals surface area contributed by atoms with Crippen LogP contribution in [0.15, 0.2) is 53.7 Å². The summed E-state index contributed by atoms with van der Waals surface area (Å²) in [5.74, 6) is 0.385. The number of hydrogen-bond acceptors (Lipinski definition) is 4. The Morgan fingerprint density at radius 2 is 1.93 bits per heavy atom. The second-order valence-corrected chi connectivity index (χ2v) is 6.82. The van der Waals surface area contributed by atoms with E-state index in [9.17, 15) is 9.18 Å². The van der Waals surface area contributed by atoms with Gasteiger partial charge in [-0.25, -0.2) is 9.18 Å². The number of carbonyl (C=O) groups excluding carboxylic acids is 1. The van der Waals surface area contributed by atoms with Gasteiger partial charge in [0.05, 0.1) is 25.9 Å². The lowest BCUT2D eigenvalue weighted by Crippen LogP contribution is -2.43. The molecule has 0 radical (unpaired) electrons. The Labute approximate surface area is 164 Å². The van der Waals surface area contributed by atoms with E-state index in [1.54, 1.807) is 44.3 Å². The Balaban J connectivity index is 1.72. The second kappa shape index (κ2) is 8.73. The third-order valence-electron chi connectivity index (χ3n) is 4.55. The average molecular weight is 385 g/mol. The number of amides is 2. The molecule has 0 aliphatic carbocycles. The number of para-hydroxylation sites is 1. The largest absolute Gasteiger partial charge is 0.496 e. The van der Waals surface area contributed by atoms with Crippen molar-refractivity contribution in [2.75, 3.05) is 27.7 Å². The number of ether oxygens (including phenoxy) is 1. The summed E-state index contributed by atoms with van der Waals surface area (Å²) in [6.45, 7) is 0.459. The molecule has 1 aliphatic heterocycles. The third kappa shape index (κ3) is 4.42. The van der Waals surface area contributed by atoms with Crippen LogP contribution in [0.25, 0.3) is 0 Å². The van der Waals surface area contributed by atoms with Crippen molar-refractivity contribution >= 4 is 11.7 Å². The van der Waals surface area contributed by atoms with Crippen LogP contribution in [-0.4, -0.2) is 55.4 Å². The Morgan fingerprint density at radius 1 is 1.21 bits per heavy atom. The maximum Gasteiger partial charge on any atom is 0.319 e. The minimum absolute atomic E-state index is 0.160. The highest BCUT2D eigenvalue weighted by Crippen LogP contribution is 2.25. The van der Waals surface area contributed by atoms with Crippen LogP contribution >= 0.6 is 0 Å². The zero-order valence-corrected chi connectivity index (χ0v) is 16.3. The van der Waals surface area contributed by atoms with Crippen LogP contribution in [0.5, 0.6) is 5.75 Å². The summed E-state index contributed by atoms with van der Waals surface area (Å²) in [4.78, 5) is 21.2. The van der Waals surface area contributed by atoms with E-state index in [-0.39, 0.29) is 24.5 Å². The summed E-state index contributed by atoms with van der Waals surface area (Å²) in [7, 11) is 4.95. The van der Waals surface area contributed by atoms with Gasteiger partial charge in [0.25, 0.3) is 0 Å². The summed E-state index contributed by atoms with van der Waals surface area (Å²) in [6.07, 6.45) is 0.227. The molecule has 28 heavy (non-hydrogen) atoms. The number of carbonyl (C=O) groups is 1. The number of benzene rings is 2. The topological polar surface area (TPSA) is 54.4 Å². The van der Waals surface area contributed by atoms with Gasteiger partial charge in [-0.05, 0) is 18.2 Å². The van der Waals surface area contributed by atoms with Gasteiger partial charge in [0.1, 0.15) is 11.6 Å². The standard InChI is InChI=1S/C21H24FN3O3/c1-24(2)21(26)25(13-15-8-4-6-10-18(15)22)14-16-12-19(23-28-16)17-9-5-7-11-20(17)27-3/h4-11,16H,12-14H2,1-3H3. The van der Waals surface area contributed by atoms with Crippen molar-refractivity contribution in [2.24, 2.45) is 5.16 Å².